The Bertz CT molecular complexity index is 1140. The number of nitrogens with one attached hydrogen (secondary N) is 2. The van der Waals surface area contributed by atoms with E-state index in [1.165, 1.54) is 18.2 Å². The zero-order valence-electron chi connectivity index (χ0n) is 19.5. The molecule has 0 saturated carbocycles. The highest BCUT2D eigenvalue weighted by Crippen LogP contribution is 2.38. The number of ether oxygens (including phenoxy) is 1. The van der Waals surface area contributed by atoms with Crippen LogP contribution in [0, 0.1) is 21.8 Å². The van der Waals surface area contributed by atoms with Crippen molar-refractivity contribution >= 4 is 11.5 Å². The molecule has 1 aliphatic rings. The van der Waals surface area contributed by atoms with Crippen LogP contribution in [-0.4, -0.2) is 57.9 Å². The molecular weight excluding hydrogens is 439 g/mol. The number of aromatic nitrogens is 3. The molecule has 1 fully saturated rings. The summed E-state index contributed by atoms with van der Waals surface area (Å²) < 4.78 is 19.1. The maximum absolute atomic E-state index is 13.6. The highest BCUT2D eigenvalue weighted by atomic mass is 19.1. The van der Waals surface area contributed by atoms with E-state index in [1.807, 2.05) is 13.8 Å². The minimum atomic E-state index is -0.438. The van der Waals surface area contributed by atoms with Gasteiger partial charge in [0.2, 0.25) is 5.82 Å². The first-order valence-corrected chi connectivity index (χ1v) is 11.4. The summed E-state index contributed by atoms with van der Waals surface area (Å²) >= 11 is 0. The van der Waals surface area contributed by atoms with Crippen LogP contribution < -0.4 is 5.32 Å². The van der Waals surface area contributed by atoms with Crippen LogP contribution in [0.5, 0.6) is 0 Å². The summed E-state index contributed by atoms with van der Waals surface area (Å²) in [5.74, 6) is 0.162. The number of morpholine rings is 1. The van der Waals surface area contributed by atoms with Gasteiger partial charge in [-0.1, -0.05) is 13.8 Å². The van der Waals surface area contributed by atoms with Gasteiger partial charge in [0.15, 0.2) is 0 Å². The van der Waals surface area contributed by atoms with E-state index in [0.29, 0.717) is 31.1 Å². The average molecular weight is 469 g/mol. The predicted molar refractivity (Wildman–Crippen MR) is 128 cm³/mol. The van der Waals surface area contributed by atoms with Crippen LogP contribution >= 0.6 is 0 Å². The number of hydrogen-bond acceptors (Lipinski definition) is 7. The first kappa shape index (κ1) is 23.8. The zero-order valence-corrected chi connectivity index (χ0v) is 19.5. The molecule has 0 amide bonds. The number of benzene rings is 1. The average Bonchev–Trinajstić information content (AvgIpc) is 3.28. The van der Waals surface area contributed by atoms with Crippen LogP contribution in [-0.2, 0) is 4.74 Å². The van der Waals surface area contributed by atoms with E-state index < -0.39 is 4.92 Å². The normalized spacial score (nSPS) is 15.4. The number of halogens is 1. The molecule has 4 rings (SSSR count). The third kappa shape index (κ3) is 5.07. The van der Waals surface area contributed by atoms with E-state index in [2.05, 4.69) is 32.3 Å². The number of nitrogens with zero attached hydrogens (tertiary/aromatic N) is 4. The third-order valence-corrected chi connectivity index (χ3v) is 5.93. The number of anilines is 1. The van der Waals surface area contributed by atoms with Gasteiger partial charge in [-0.3, -0.25) is 20.1 Å². The molecule has 10 heteroatoms. The number of aromatic amines is 1. The third-order valence-electron chi connectivity index (χ3n) is 5.93. The monoisotopic (exact) mass is 468 g/mol. The molecule has 2 N–H and O–H groups in total. The smallest absolute Gasteiger partial charge is 0.311 e. The first-order valence-electron chi connectivity index (χ1n) is 11.4. The summed E-state index contributed by atoms with van der Waals surface area (Å²) in [5, 5.41) is 22.5. The second-order valence-electron chi connectivity index (χ2n) is 8.79. The molecule has 34 heavy (non-hydrogen) atoms. The molecule has 3 aromatic rings. The molecular formula is C24H29FN6O3. The highest BCUT2D eigenvalue weighted by molar-refractivity contribution is 5.82. The van der Waals surface area contributed by atoms with Crippen LogP contribution in [0.15, 0.2) is 36.4 Å². The van der Waals surface area contributed by atoms with Gasteiger partial charge in [0.1, 0.15) is 11.5 Å². The van der Waals surface area contributed by atoms with E-state index in [1.54, 1.807) is 18.2 Å². The molecule has 0 radical (unpaired) electrons. The molecule has 3 heterocycles. The molecule has 1 aliphatic heterocycles. The van der Waals surface area contributed by atoms with Gasteiger partial charge in [-0.25, -0.2) is 9.37 Å². The van der Waals surface area contributed by atoms with Gasteiger partial charge in [-0.05, 0) is 43.2 Å². The Hall–Kier alpha value is -3.37. The lowest BCUT2D eigenvalue weighted by Gasteiger charge is -2.32. The lowest BCUT2D eigenvalue weighted by molar-refractivity contribution is -0.384. The fraction of sp³-hybridized carbons (Fsp3) is 0.417. The Labute approximate surface area is 197 Å². The van der Waals surface area contributed by atoms with Crippen molar-refractivity contribution in [2.24, 2.45) is 5.92 Å². The zero-order chi connectivity index (χ0) is 24.2. The summed E-state index contributed by atoms with van der Waals surface area (Å²) in [7, 11) is 0. The number of rotatable bonds is 8. The Morgan fingerprint density at radius 1 is 1.18 bits per heavy atom. The number of hydrogen-bond donors (Lipinski definition) is 2. The molecule has 2 aromatic heterocycles. The molecule has 1 aromatic carbocycles. The SMILES string of the molecule is CC(C)CNc1nc(-c2c(-c3ccc(F)cc3)n[nH]c2C(C)N2CCOCC2)ccc1[N+](=O)[O-]. The number of pyridine rings is 1. The molecule has 1 unspecified atom stereocenters. The second kappa shape index (κ2) is 10.3. The quantitative estimate of drug-likeness (QED) is 0.366. The minimum absolute atomic E-state index is 0.0235. The summed E-state index contributed by atoms with van der Waals surface area (Å²) in [6.45, 7) is 9.53. The summed E-state index contributed by atoms with van der Waals surface area (Å²) in [5.41, 5.74) is 3.40. The van der Waals surface area contributed by atoms with E-state index >= 15 is 0 Å². The van der Waals surface area contributed by atoms with Crippen molar-refractivity contribution in [2.75, 3.05) is 38.2 Å². The van der Waals surface area contributed by atoms with Crippen molar-refractivity contribution in [2.45, 2.75) is 26.8 Å². The largest absolute Gasteiger partial charge is 0.379 e. The van der Waals surface area contributed by atoms with Gasteiger partial charge in [-0.15, -0.1) is 0 Å². The number of nitro groups is 1. The van der Waals surface area contributed by atoms with Gasteiger partial charge in [0.05, 0.1) is 35.1 Å². The van der Waals surface area contributed by atoms with Crippen LogP contribution in [0.25, 0.3) is 22.5 Å². The fourth-order valence-corrected chi connectivity index (χ4v) is 4.05. The van der Waals surface area contributed by atoms with Crippen molar-refractivity contribution < 1.29 is 14.1 Å². The molecule has 0 aliphatic carbocycles. The van der Waals surface area contributed by atoms with Gasteiger partial charge in [0, 0.05) is 37.3 Å². The van der Waals surface area contributed by atoms with Crippen LogP contribution in [0.3, 0.4) is 0 Å². The van der Waals surface area contributed by atoms with Gasteiger partial charge >= 0.3 is 5.69 Å². The van der Waals surface area contributed by atoms with Crippen LogP contribution in [0.2, 0.25) is 0 Å². The van der Waals surface area contributed by atoms with Crippen LogP contribution in [0.4, 0.5) is 15.9 Å². The Morgan fingerprint density at radius 2 is 1.88 bits per heavy atom. The van der Waals surface area contributed by atoms with E-state index in [9.17, 15) is 14.5 Å². The summed E-state index contributed by atoms with van der Waals surface area (Å²) in [6.07, 6.45) is 0. The first-order chi connectivity index (χ1) is 16.3. The lowest BCUT2D eigenvalue weighted by atomic mass is 9.99. The Balaban J connectivity index is 1.84. The maximum atomic E-state index is 13.6. The van der Waals surface area contributed by atoms with Crippen molar-refractivity contribution in [3.05, 3.63) is 58.0 Å². The summed E-state index contributed by atoms with van der Waals surface area (Å²) in [6, 6.07) is 9.20. The van der Waals surface area contributed by atoms with E-state index in [4.69, 9.17) is 4.74 Å². The standard InChI is InChI=1S/C24H29FN6O3/c1-15(2)14-26-24-20(31(32)33)9-8-19(27-24)21-22(16(3)30-10-12-34-13-11-30)28-29-23(21)17-4-6-18(25)7-5-17/h4-9,15-16H,10-14H2,1-3H3,(H,26,27)(H,28,29). The van der Waals surface area contributed by atoms with Gasteiger partial charge < -0.3 is 10.1 Å². The van der Waals surface area contributed by atoms with E-state index in [-0.39, 0.29) is 29.3 Å². The van der Waals surface area contributed by atoms with Crippen molar-refractivity contribution in [1.82, 2.24) is 20.1 Å². The highest BCUT2D eigenvalue weighted by Gasteiger charge is 2.28. The topological polar surface area (TPSA) is 109 Å². The second-order valence-corrected chi connectivity index (χ2v) is 8.79. The Kier molecular flexibility index (Phi) is 7.18. The van der Waals surface area contributed by atoms with Gasteiger partial charge in [0.25, 0.3) is 0 Å². The molecule has 0 spiro atoms. The molecule has 180 valence electrons. The van der Waals surface area contributed by atoms with Crippen LogP contribution in [0.1, 0.15) is 32.5 Å². The molecule has 9 nitrogen and oxygen atoms in total. The Morgan fingerprint density at radius 3 is 2.53 bits per heavy atom. The summed E-state index contributed by atoms with van der Waals surface area (Å²) in [4.78, 5) is 18.1. The molecule has 0 bridgehead atoms. The number of H-pyrrole nitrogens is 1. The molecule has 1 saturated heterocycles. The van der Waals surface area contributed by atoms with Crippen molar-refractivity contribution in [3.8, 4) is 22.5 Å². The fourth-order valence-electron chi connectivity index (χ4n) is 4.05. The molecule has 1 atom stereocenters. The maximum Gasteiger partial charge on any atom is 0.311 e. The predicted octanol–water partition coefficient (Wildman–Crippen LogP) is 4.65. The van der Waals surface area contributed by atoms with E-state index in [0.717, 1.165) is 29.9 Å². The van der Waals surface area contributed by atoms with Crippen molar-refractivity contribution in [3.63, 3.8) is 0 Å². The minimum Gasteiger partial charge on any atom is -0.379 e. The lowest BCUT2D eigenvalue weighted by Crippen LogP contribution is -2.38. The van der Waals surface area contributed by atoms with Crippen molar-refractivity contribution in [1.29, 1.82) is 0 Å². The van der Waals surface area contributed by atoms with Gasteiger partial charge in [-0.2, -0.15) is 5.10 Å².